The Morgan fingerprint density at radius 1 is 1.11 bits per heavy atom. The van der Waals surface area contributed by atoms with E-state index in [0.29, 0.717) is 0 Å². The number of rotatable bonds is 6. The number of benzene rings is 2. The third-order valence-electron chi connectivity index (χ3n) is 3.99. The number of thioether (sulfide) groups is 1. The van der Waals surface area contributed by atoms with E-state index in [4.69, 9.17) is 4.98 Å². The van der Waals surface area contributed by atoms with Crippen molar-refractivity contribution in [3.8, 4) is 21.7 Å². The lowest BCUT2D eigenvalue weighted by Crippen LogP contribution is -1.96. The predicted molar refractivity (Wildman–Crippen MR) is 118 cm³/mol. The van der Waals surface area contributed by atoms with Crippen LogP contribution in [0.2, 0.25) is 0 Å². The van der Waals surface area contributed by atoms with Crippen LogP contribution >= 0.6 is 23.1 Å². The number of nitrogens with zero attached hydrogens (tertiary/aromatic N) is 1. The van der Waals surface area contributed by atoms with Crippen LogP contribution in [0.1, 0.15) is 5.01 Å². The van der Waals surface area contributed by atoms with E-state index in [2.05, 4.69) is 6.58 Å². The fourth-order valence-corrected chi connectivity index (χ4v) is 5.08. The summed E-state index contributed by atoms with van der Waals surface area (Å²) < 4.78 is 36.9. The van der Waals surface area contributed by atoms with Gasteiger partial charge in [-0.15, -0.1) is 23.1 Å². The van der Waals surface area contributed by atoms with Gasteiger partial charge in [-0.05, 0) is 54.3 Å². The van der Waals surface area contributed by atoms with Gasteiger partial charge in [0.15, 0.2) is 9.84 Å². The summed E-state index contributed by atoms with van der Waals surface area (Å²) in [7, 11) is -3.27. The Labute approximate surface area is 172 Å². The number of aromatic nitrogens is 1. The molecule has 3 nitrogen and oxygen atoms in total. The van der Waals surface area contributed by atoms with Crippen LogP contribution in [0.25, 0.3) is 26.6 Å². The molecule has 0 saturated carbocycles. The summed E-state index contributed by atoms with van der Waals surface area (Å²) in [6, 6.07) is 12.9. The summed E-state index contributed by atoms with van der Waals surface area (Å²) in [5, 5.41) is 0.828. The van der Waals surface area contributed by atoms with Crippen LogP contribution in [0.3, 0.4) is 0 Å². The first-order chi connectivity index (χ1) is 13.3. The smallest absolute Gasteiger partial charge is 0.175 e. The highest BCUT2D eigenvalue weighted by Gasteiger charge is 2.18. The van der Waals surface area contributed by atoms with E-state index >= 15 is 0 Å². The highest BCUT2D eigenvalue weighted by molar-refractivity contribution is 8.07. The van der Waals surface area contributed by atoms with E-state index < -0.39 is 9.84 Å². The fourth-order valence-electron chi connectivity index (χ4n) is 2.61. The van der Waals surface area contributed by atoms with E-state index in [1.165, 1.54) is 29.7 Å². The molecule has 7 heteroatoms. The summed E-state index contributed by atoms with van der Waals surface area (Å²) in [5.74, 6) is -0.311. The standard InChI is InChI=1S/C21H18FNO2S3/c1-4-5-18(26-2)21-23-19(14-6-10-16(22)11-7-14)20(27-21)15-8-12-17(13-9-15)28(3,24)25/h4-13H,1H2,2-3H3/b18-5-. The van der Waals surface area contributed by atoms with Crippen molar-refractivity contribution in [1.82, 2.24) is 4.98 Å². The molecule has 0 bridgehead atoms. The molecule has 3 aromatic rings. The lowest BCUT2D eigenvalue weighted by molar-refractivity contribution is 0.602. The summed E-state index contributed by atoms with van der Waals surface area (Å²) in [6.07, 6.45) is 6.76. The lowest BCUT2D eigenvalue weighted by Gasteiger charge is -2.04. The molecule has 0 aliphatic carbocycles. The minimum absolute atomic E-state index is 0.265. The second-order valence-electron chi connectivity index (χ2n) is 5.97. The molecule has 1 aromatic heterocycles. The van der Waals surface area contributed by atoms with Gasteiger partial charge >= 0.3 is 0 Å². The number of allylic oxidation sites excluding steroid dienone is 2. The van der Waals surface area contributed by atoms with Gasteiger partial charge in [0, 0.05) is 16.7 Å². The van der Waals surface area contributed by atoms with Gasteiger partial charge in [0.25, 0.3) is 0 Å². The summed E-state index contributed by atoms with van der Waals surface area (Å²) in [6.45, 7) is 3.75. The minimum atomic E-state index is -3.27. The Bertz CT molecular complexity index is 1130. The molecule has 0 aliphatic heterocycles. The summed E-state index contributed by atoms with van der Waals surface area (Å²) in [4.78, 5) is 6.92. The molecule has 144 valence electrons. The van der Waals surface area contributed by atoms with Crippen LogP contribution in [0.5, 0.6) is 0 Å². The molecule has 0 fully saturated rings. The van der Waals surface area contributed by atoms with Crippen molar-refractivity contribution in [3.05, 3.63) is 78.1 Å². The van der Waals surface area contributed by atoms with Crippen LogP contribution in [0.15, 0.2) is 72.2 Å². The maximum absolute atomic E-state index is 13.4. The Kier molecular flexibility index (Phi) is 6.17. The third-order valence-corrected chi connectivity index (χ3v) is 7.15. The Morgan fingerprint density at radius 3 is 2.25 bits per heavy atom. The van der Waals surface area contributed by atoms with Gasteiger partial charge < -0.3 is 0 Å². The molecule has 0 unspecified atom stereocenters. The monoisotopic (exact) mass is 431 g/mol. The molecule has 0 aliphatic rings. The Hall–Kier alpha value is -2.22. The maximum atomic E-state index is 13.4. The van der Waals surface area contributed by atoms with Gasteiger partial charge in [-0.2, -0.15) is 0 Å². The van der Waals surface area contributed by atoms with Crippen LogP contribution in [-0.2, 0) is 9.84 Å². The third kappa shape index (κ3) is 4.43. The zero-order chi connectivity index (χ0) is 20.3. The van der Waals surface area contributed by atoms with Crippen molar-refractivity contribution < 1.29 is 12.8 Å². The number of hydrogen-bond donors (Lipinski definition) is 0. The van der Waals surface area contributed by atoms with Crippen molar-refractivity contribution in [1.29, 1.82) is 0 Å². The first-order valence-electron chi connectivity index (χ1n) is 8.28. The molecule has 3 rings (SSSR count). The van der Waals surface area contributed by atoms with Crippen LogP contribution in [0.4, 0.5) is 4.39 Å². The Balaban J connectivity index is 2.18. The van der Waals surface area contributed by atoms with Gasteiger partial charge in [0.1, 0.15) is 10.8 Å². The minimum Gasteiger partial charge on any atom is -0.235 e. The number of thiazole rings is 1. The number of hydrogen-bond acceptors (Lipinski definition) is 5. The molecule has 28 heavy (non-hydrogen) atoms. The van der Waals surface area contributed by atoms with E-state index in [9.17, 15) is 12.8 Å². The molecule has 0 amide bonds. The van der Waals surface area contributed by atoms with Crippen molar-refractivity contribution in [2.24, 2.45) is 0 Å². The van der Waals surface area contributed by atoms with Crippen molar-refractivity contribution in [2.45, 2.75) is 4.90 Å². The molecule has 0 spiro atoms. The van der Waals surface area contributed by atoms with Crippen LogP contribution < -0.4 is 0 Å². The van der Waals surface area contributed by atoms with E-state index in [-0.39, 0.29) is 10.7 Å². The highest BCUT2D eigenvalue weighted by atomic mass is 32.2. The quantitative estimate of drug-likeness (QED) is 0.455. The molecule has 0 atom stereocenters. The topological polar surface area (TPSA) is 47.0 Å². The first-order valence-corrected chi connectivity index (χ1v) is 12.2. The first kappa shape index (κ1) is 20.5. The average Bonchev–Trinajstić information content (AvgIpc) is 3.11. The fraction of sp³-hybridized carbons (Fsp3) is 0.0952. The second kappa shape index (κ2) is 8.43. The molecular weight excluding hydrogens is 413 g/mol. The van der Waals surface area contributed by atoms with Gasteiger partial charge in [-0.3, -0.25) is 0 Å². The summed E-state index contributed by atoms with van der Waals surface area (Å²) in [5.41, 5.74) is 2.38. The van der Waals surface area contributed by atoms with Gasteiger partial charge in [0.2, 0.25) is 0 Å². The molecular formula is C21H18FNO2S3. The Morgan fingerprint density at radius 2 is 1.71 bits per heavy atom. The maximum Gasteiger partial charge on any atom is 0.175 e. The number of sulfone groups is 1. The van der Waals surface area contributed by atoms with Crippen LogP contribution in [-0.4, -0.2) is 25.9 Å². The second-order valence-corrected chi connectivity index (χ2v) is 9.83. The molecule has 2 aromatic carbocycles. The highest BCUT2D eigenvalue weighted by Crippen LogP contribution is 2.41. The average molecular weight is 432 g/mol. The lowest BCUT2D eigenvalue weighted by atomic mass is 10.1. The van der Waals surface area contributed by atoms with Gasteiger partial charge in [0.05, 0.1) is 15.5 Å². The van der Waals surface area contributed by atoms with E-state index in [1.807, 2.05) is 12.3 Å². The van der Waals surface area contributed by atoms with Crippen LogP contribution in [0, 0.1) is 5.82 Å². The number of halogens is 1. The van der Waals surface area contributed by atoms with Gasteiger partial charge in [-0.25, -0.2) is 17.8 Å². The zero-order valence-electron chi connectivity index (χ0n) is 15.3. The van der Waals surface area contributed by atoms with Crippen molar-refractivity contribution in [3.63, 3.8) is 0 Å². The van der Waals surface area contributed by atoms with Crippen molar-refractivity contribution in [2.75, 3.05) is 12.5 Å². The largest absolute Gasteiger partial charge is 0.235 e. The summed E-state index contributed by atoms with van der Waals surface area (Å²) >= 11 is 3.07. The van der Waals surface area contributed by atoms with Crippen molar-refractivity contribution >= 4 is 37.8 Å². The molecule has 1 heterocycles. The van der Waals surface area contributed by atoms with E-state index in [1.54, 1.807) is 54.2 Å². The van der Waals surface area contributed by atoms with Gasteiger partial charge in [-0.1, -0.05) is 24.8 Å². The zero-order valence-corrected chi connectivity index (χ0v) is 17.8. The normalized spacial score (nSPS) is 12.2. The molecule has 0 saturated heterocycles. The van der Waals surface area contributed by atoms with E-state index in [0.717, 1.165) is 31.6 Å². The predicted octanol–water partition coefficient (Wildman–Crippen LogP) is 5.91. The molecule has 0 N–H and O–H groups in total. The SMILES string of the molecule is C=C/C=C(\SC)c1nc(-c2ccc(F)cc2)c(-c2ccc(S(C)(=O)=O)cc2)s1. The molecule has 0 radical (unpaired) electrons.